The SMILES string of the molecule is Cc1nn(CC(=O)Nc2cnn(Cc3ccccc3Cl)c2)c2nc(-c3ccco3)cc(C(F)F)c12. The number of aryl methyl sites for hydroxylation is 1. The Balaban J connectivity index is 1.38. The zero-order valence-electron chi connectivity index (χ0n) is 18.5. The second-order valence-electron chi connectivity index (χ2n) is 7.88. The average molecular weight is 497 g/mol. The highest BCUT2D eigenvalue weighted by atomic mass is 35.5. The summed E-state index contributed by atoms with van der Waals surface area (Å²) in [6.07, 6.45) is 1.88. The van der Waals surface area contributed by atoms with E-state index in [1.165, 1.54) is 23.2 Å². The van der Waals surface area contributed by atoms with Crippen LogP contribution in [0, 0.1) is 6.92 Å². The van der Waals surface area contributed by atoms with Crippen molar-refractivity contribution in [2.45, 2.75) is 26.4 Å². The fraction of sp³-hybridized carbons (Fsp3) is 0.167. The molecule has 0 aliphatic carbocycles. The summed E-state index contributed by atoms with van der Waals surface area (Å²) in [7, 11) is 0. The molecule has 0 atom stereocenters. The maximum Gasteiger partial charge on any atom is 0.264 e. The molecule has 1 aromatic carbocycles. The van der Waals surface area contributed by atoms with Crippen molar-refractivity contribution in [1.82, 2.24) is 24.5 Å². The van der Waals surface area contributed by atoms with Crippen LogP contribution in [0.3, 0.4) is 0 Å². The minimum absolute atomic E-state index is 0.177. The number of nitrogens with zero attached hydrogens (tertiary/aromatic N) is 5. The van der Waals surface area contributed by atoms with Gasteiger partial charge >= 0.3 is 0 Å². The fourth-order valence-electron chi connectivity index (χ4n) is 3.87. The first-order chi connectivity index (χ1) is 16.9. The largest absolute Gasteiger partial charge is 0.463 e. The van der Waals surface area contributed by atoms with Crippen LogP contribution in [0.15, 0.2) is 65.5 Å². The molecule has 0 bridgehead atoms. The molecule has 178 valence electrons. The van der Waals surface area contributed by atoms with E-state index in [4.69, 9.17) is 16.0 Å². The zero-order chi connectivity index (χ0) is 24.5. The summed E-state index contributed by atoms with van der Waals surface area (Å²) < 4.78 is 36.0. The van der Waals surface area contributed by atoms with E-state index in [1.807, 2.05) is 18.2 Å². The van der Waals surface area contributed by atoms with Gasteiger partial charge in [0.1, 0.15) is 12.2 Å². The Hall–Kier alpha value is -4.05. The van der Waals surface area contributed by atoms with Crippen molar-refractivity contribution < 1.29 is 18.0 Å². The number of halogens is 3. The number of alkyl halides is 2. The number of anilines is 1. The van der Waals surface area contributed by atoms with Gasteiger partial charge in [-0.05, 0) is 36.8 Å². The minimum atomic E-state index is -2.75. The number of nitrogens with one attached hydrogen (secondary N) is 1. The van der Waals surface area contributed by atoms with Crippen molar-refractivity contribution >= 4 is 34.2 Å². The Morgan fingerprint density at radius 2 is 2.06 bits per heavy atom. The lowest BCUT2D eigenvalue weighted by atomic mass is 10.1. The monoisotopic (exact) mass is 496 g/mol. The first-order valence-electron chi connectivity index (χ1n) is 10.6. The van der Waals surface area contributed by atoms with Crippen LogP contribution >= 0.6 is 11.6 Å². The topological polar surface area (TPSA) is 90.8 Å². The molecule has 11 heteroatoms. The Labute approximate surface area is 203 Å². The summed E-state index contributed by atoms with van der Waals surface area (Å²) in [5.74, 6) is -0.0647. The summed E-state index contributed by atoms with van der Waals surface area (Å²) in [6, 6.07) is 12.0. The second-order valence-corrected chi connectivity index (χ2v) is 8.29. The Bertz CT molecular complexity index is 1510. The van der Waals surface area contributed by atoms with Crippen LogP contribution in [-0.4, -0.2) is 30.5 Å². The predicted molar refractivity (Wildman–Crippen MR) is 126 cm³/mol. The average Bonchev–Trinajstić information content (AvgIpc) is 3.57. The van der Waals surface area contributed by atoms with Gasteiger partial charge in [0.25, 0.3) is 6.43 Å². The van der Waals surface area contributed by atoms with E-state index >= 15 is 0 Å². The maximum atomic E-state index is 13.8. The molecular weight excluding hydrogens is 478 g/mol. The van der Waals surface area contributed by atoms with Gasteiger partial charge in [0.15, 0.2) is 11.4 Å². The van der Waals surface area contributed by atoms with Gasteiger partial charge in [-0.1, -0.05) is 29.8 Å². The molecule has 4 heterocycles. The van der Waals surface area contributed by atoms with E-state index in [9.17, 15) is 13.6 Å². The fourth-order valence-corrected chi connectivity index (χ4v) is 4.07. The number of hydrogen-bond donors (Lipinski definition) is 1. The maximum absolute atomic E-state index is 13.8. The Kier molecular flexibility index (Phi) is 6.04. The van der Waals surface area contributed by atoms with Gasteiger partial charge in [0.05, 0.1) is 35.8 Å². The lowest BCUT2D eigenvalue weighted by molar-refractivity contribution is -0.116. The molecule has 0 fully saturated rings. The first-order valence-corrected chi connectivity index (χ1v) is 11.0. The number of amides is 1. The number of benzene rings is 1. The molecule has 0 aliphatic heterocycles. The van der Waals surface area contributed by atoms with Crippen molar-refractivity contribution in [2.75, 3.05) is 5.32 Å². The van der Waals surface area contributed by atoms with Gasteiger partial charge in [-0.15, -0.1) is 0 Å². The normalized spacial score (nSPS) is 11.5. The molecule has 8 nitrogen and oxygen atoms in total. The molecule has 5 rings (SSSR count). The van der Waals surface area contributed by atoms with Gasteiger partial charge in [0.2, 0.25) is 5.91 Å². The standard InChI is InChI=1S/C24H19ClF2N6O2/c1-14-22-17(23(26)27)9-19(20-7-4-8-35-20)30-24(22)33(31-14)13-21(34)29-16-10-28-32(12-16)11-15-5-2-3-6-18(15)25/h2-10,12,23H,11,13H2,1H3,(H,29,34). The van der Waals surface area contributed by atoms with Crippen LogP contribution in [0.2, 0.25) is 5.02 Å². The number of pyridine rings is 1. The summed E-state index contributed by atoms with van der Waals surface area (Å²) in [5, 5.41) is 12.2. The molecule has 1 N–H and O–H groups in total. The van der Waals surface area contributed by atoms with Crippen LogP contribution in [0.1, 0.15) is 23.2 Å². The van der Waals surface area contributed by atoms with Crippen LogP contribution in [0.4, 0.5) is 14.5 Å². The van der Waals surface area contributed by atoms with E-state index in [-0.39, 0.29) is 28.8 Å². The molecule has 35 heavy (non-hydrogen) atoms. The zero-order valence-corrected chi connectivity index (χ0v) is 19.2. The van der Waals surface area contributed by atoms with Crippen molar-refractivity contribution in [1.29, 1.82) is 0 Å². The molecular formula is C24H19ClF2N6O2. The highest BCUT2D eigenvalue weighted by molar-refractivity contribution is 6.31. The number of rotatable bonds is 7. The van der Waals surface area contributed by atoms with E-state index in [1.54, 1.807) is 36.0 Å². The Morgan fingerprint density at radius 1 is 1.23 bits per heavy atom. The molecule has 1 amide bonds. The lowest BCUT2D eigenvalue weighted by Crippen LogP contribution is -2.19. The molecule has 0 aliphatic rings. The molecule has 0 unspecified atom stereocenters. The minimum Gasteiger partial charge on any atom is -0.463 e. The van der Waals surface area contributed by atoms with Crippen LogP contribution in [0.5, 0.6) is 0 Å². The molecule has 0 radical (unpaired) electrons. The summed E-state index contributed by atoms with van der Waals surface area (Å²) in [6.45, 7) is 1.82. The summed E-state index contributed by atoms with van der Waals surface area (Å²) in [5.41, 5.74) is 1.92. The van der Waals surface area contributed by atoms with E-state index < -0.39 is 12.3 Å². The third kappa shape index (κ3) is 4.65. The van der Waals surface area contributed by atoms with Crippen molar-refractivity contribution in [2.24, 2.45) is 0 Å². The molecule has 5 aromatic rings. The molecule has 4 aromatic heterocycles. The molecule has 0 spiro atoms. The van der Waals surface area contributed by atoms with Crippen molar-refractivity contribution in [3.8, 4) is 11.5 Å². The van der Waals surface area contributed by atoms with Crippen LogP contribution in [0.25, 0.3) is 22.5 Å². The lowest BCUT2D eigenvalue weighted by Gasteiger charge is -2.07. The summed E-state index contributed by atoms with van der Waals surface area (Å²) >= 11 is 6.20. The summed E-state index contributed by atoms with van der Waals surface area (Å²) in [4.78, 5) is 17.2. The second kappa shape index (κ2) is 9.30. The quantitative estimate of drug-likeness (QED) is 0.322. The third-order valence-electron chi connectivity index (χ3n) is 5.42. The number of carbonyl (C=O) groups excluding carboxylic acids is 1. The van der Waals surface area contributed by atoms with Gasteiger partial charge in [-0.25, -0.2) is 18.4 Å². The van der Waals surface area contributed by atoms with Crippen molar-refractivity contribution in [3.63, 3.8) is 0 Å². The van der Waals surface area contributed by atoms with Gasteiger partial charge in [-0.3, -0.25) is 9.48 Å². The number of aromatic nitrogens is 5. The van der Waals surface area contributed by atoms with E-state index in [0.29, 0.717) is 28.7 Å². The number of fused-ring (bicyclic) bond motifs is 1. The van der Waals surface area contributed by atoms with Crippen LogP contribution in [-0.2, 0) is 17.9 Å². The van der Waals surface area contributed by atoms with E-state index in [0.717, 1.165) is 5.56 Å². The Morgan fingerprint density at radius 3 is 2.80 bits per heavy atom. The smallest absolute Gasteiger partial charge is 0.264 e. The van der Waals surface area contributed by atoms with E-state index in [2.05, 4.69) is 20.5 Å². The highest BCUT2D eigenvalue weighted by Crippen LogP contribution is 2.33. The van der Waals surface area contributed by atoms with Crippen molar-refractivity contribution in [3.05, 3.63) is 83.0 Å². The number of hydrogen-bond acceptors (Lipinski definition) is 5. The predicted octanol–water partition coefficient (Wildman–Crippen LogP) is 5.47. The van der Waals surface area contributed by atoms with Crippen LogP contribution < -0.4 is 5.32 Å². The molecule has 0 saturated carbocycles. The van der Waals surface area contributed by atoms with Gasteiger partial charge < -0.3 is 9.73 Å². The van der Waals surface area contributed by atoms with Gasteiger partial charge in [0, 0.05) is 16.8 Å². The number of carbonyl (C=O) groups is 1. The molecule has 0 saturated heterocycles. The first kappa shape index (κ1) is 22.7. The highest BCUT2D eigenvalue weighted by Gasteiger charge is 2.22. The number of furan rings is 1. The van der Waals surface area contributed by atoms with Gasteiger partial charge in [-0.2, -0.15) is 10.2 Å². The third-order valence-corrected chi connectivity index (χ3v) is 5.79.